The molecule has 0 saturated heterocycles. The fourth-order valence-corrected chi connectivity index (χ4v) is 4.97. The molecule has 8 heteroatoms. The van der Waals surface area contributed by atoms with Crippen LogP contribution in [0.25, 0.3) is 5.69 Å². The maximum atomic E-state index is 13.9. The minimum atomic E-state index is -0.149. The van der Waals surface area contributed by atoms with Crippen LogP contribution < -0.4 is 9.64 Å². The standard InChI is InChI=1S/C30H39N5O3/c1-22(2)19-28(36)34-18-11-7-5-6-10-17-33(21-24-13-8-9-16-27(24)34)30(37)29-23(3)35(32-31-29)25-14-12-15-26(20-25)38-4/h8-9,12-16,20,22H,5-7,10-11,17-19,21H2,1-4H3. The molecular formula is C30H39N5O3. The lowest BCUT2D eigenvalue weighted by Crippen LogP contribution is -2.36. The van der Waals surface area contributed by atoms with Crippen LogP contribution >= 0.6 is 0 Å². The van der Waals surface area contributed by atoms with Gasteiger partial charge >= 0.3 is 0 Å². The van der Waals surface area contributed by atoms with Gasteiger partial charge in [-0.25, -0.2) is 4.68 Å². The lowest BCUT2D eigenvalue weighted by atomic mass is 10.0. The van der Waals surface area contributed by atoms with Gasteiger partial charge in [-0.2, -0.15) is 0 Å². The lowest BCUT2D eigenvalue weighted by molar-refractivity contribution is -0.119. The zero-order valence-corrected chi connectivity index (χ0v) is 23.0. The first-order valence-electron chi connectivity index (χ1n) is 13.6. The van der Waals surface area contributed by atoms with Crippen LogP contribution in [-0.4, -0.2) is 51.9 Å². The fraction of sp³-hybridized carbons (Fsp3) is 0.467. The van der Waals surface area contributed by atoms with Crippen LogP contribution in [0.4, 0.5) is 5.69 Å². The Balaban J connectivity index is 1.66. The molecule has 0 aliphatic carbocycles. The molecule has 0 fully saturated rings. The predicted octanol–water partition coefficient (Wildman–Crippen LogP) is 5.57. The minimum Gasteiger partial charge on any atom is -0.497 e. The summed E-state index contributed by atoms with van der Waals surface area (Å²) in [6, 6.07) is 15.5. The van der Waals surface area contributed by atoms with Crippen molar-refractivity contribution in [3.05, 3.63) is 65.5 Å². The number of methoxy groups -OCH3 is 1. The molecule has 0 N–H and O–H groups in total. The SMILES string of the molecule is COc1cccc(-n2nnc(C(=O)N3CCCCCCCN(C(=O)CC(C)C)c4ccccc4C3)c2C)c1. The second-order valence-corrected chi connectivity index (χ2v) is 10.4. The first kappa shape index (κ1) is 27.4. The van der Waals surface area contributed by atoms with E-state index >= 15 is 0 Å². The highest BCUT2D eigenvalue weighted by Crippen LogP contribution is 2.27. The van der Waals surface area contributed by atoms with E-state index in [1.807, 2.05) is 65.3 Å². The summed E-state index contributed by atoms with van der Waals surface area (Å²) < 4.78 is 7.02. The lowest BCUT2D eigenvalue weighted by Gasteiger charge is -2.29. The van der Waals surface area contributed by atoms with Crippen molar-refractivity contribution < 1.29 is 14.3 Å². The van der Waals surface area contributed by atoms with Crippen molar-refractivity contribution in [2.24, 2.45) is 5.92 Å². The van der Waals surface area contributed by atoms with Gasteiger partial charge in [0.15, 0.2) is 5.69 Å². The smallest absolute Gasteiger partial charge is 0.276 e. The maximum absolute atomic E-state index is 13.9. The number of rotatable bonds is 5. The molecule has 1 aromatic heterocycles. The maximum Gasteiger partial charge on any atom is 0.276 e. The molecule has 8 nitrogen and oxygen atoms in total. The van der Waals surface area contributed by atoms with Gasteiger partial charge in [-0.1, -0.05) is 62.6 Å². The van der Waals surface area contributed by atoms with E-state index in [0.717, 1.165) is 49.0 Å². The molecular weight excluding hydrogens is 478 g/mol. The Hall–Kier alpha value is -3.68. The molecule has 0 saturated carbocycles. The van der Waals surface area contributed by atoms with Gasteiger partial charge in [0.2, 0.25) is 5.91 Å². The summed E-state index contributed by atoms with van der Waals surface area (Å²) in [4.78, 5) is 30.9. The summed E-state index contributed by atoms with van der Waals surface area (Å²) in [7, 11) is 1.62. The number of ether oxygens (including phenoxy) is 1. The summed E-state index contributed by atoms with van der Waals surface area (Å²) in [5.74, 6) is 0.980. The molecule has 2 heterocycles. The van der Waals surface area contributed by atoms with Gasteiger partial charge in [-0.3, -0.25) is 9.59 Å². The average Bonchev–Trinajstić information content (AvgIpc) is 3.29. The number of nitrogens with zero attached hydrogens (tertiary/aromatic N) is 5. The van der Waals surface area contributed by atoms with Crippen LogP contribution in [-0.2, 0) is 11.3 Å². The van der Waals surface area contributed by atoms with Gasteiger partial charge < -0.3 is 14.5 Å². The van der Waals surface area contributed by atoms with Crippen molar-refractivity contribution in [3.63, 3.8) is 0 Å². The summed E-state index contributed by atoms with van der Waals surface area (Å²) in [6.07, 6.45) is 5.60. The Morgan fingerprint density at radius 1 is 0.974 bits per heavy atom. The van der Waals surface area contributed by atoms with Crippen molar-refractivity contribution in [2.75, 3.05) is 25.1 Å². The Labute approximate surface area is 225 Å². The molecule has 0 unspecified atom stereocenters. The molecule has 4 rings (SSSR count). The van der Waals surface area contributed by atoms with E-state index in [1.165, 1.54) is 0 Å². The molecule has 2 amide bonds. The van der Waals surface area contributed by atoms with E-state index < -0.39 is 0 Å². The van der Waals surface area contributed by atoms with Gasteiger partial charge in [0.25, 0.3) is 5.91 Å². The molecule has 0 bridgehead atoms. The molecule has 1 aliphatic rings. The van der Waals surface area contributed by atoms with Crippen LogP contribution in [0.2, 0.25) is 0 Å². The van der Waals surface area contributed by atoms with E-state index in [4.69, 9.17) is 4.74 Å². The zero-order chi connectivity index (χ0) is 27.1. The number of carbonyl (C=O) groups excluding carboxylic acids is 2. The average molecular weight is 518 g/mol. The van der Waals surface area contributed by atoms with E-state index in [0.29, 0.717) is 43.2 Å². The van der Waals surface area contributed by atoms with Gasteiger partial charge in [-0.05, 0) is 49.4 Å². The van der Waals surface area contributed by atoms with Gasteiger partial charge in [0, 0.05) is 37.8 Å². The number of hydrogen-bond donors (Lipinski definition) is 0. The van der Waals surface area contributed by atoms with Crippen molar-refractivity contribution in [2.45, 2.75) is 65.8 Å². The second-order valence-electron chi connectivity index (χ2n) is 10.4. The molecule has 38 heavy (non-hydrogen) atoms. The minimum absolute atomic E-state index is 0.138. The van der Waals surface area contributed by atoms with Gasteiger partial charge in [0.1, 0.15) is 5.75 Å². The van der Waals surface area contributed by atoms with E-state index in [2.05, 4.69) is 24.2 Å². The number of para-hydroxylation sites is 1. The molecule has 1 aliphatic heterocycles. The number of aromatic nitrogens is 3. The van der Waals surface area contributed by atoms with Crippen LogP contribution in [0.1, 0.15) is 74.1 Å². The van der Waals surface area contributed by atoms with Crippen molar-refractivity contribution in [1.82, 2.24) is 19.9 Å². The number of amides is 2. The van der Waals surface area contributed by atoms with Crippen molar-refractivity contribution in [1.29, 1.82) is 0 Å². The fourth-order valence-electron chi connectivity index (χ4n) is 4.97. The Morgan fingerprint density at radius 2 is 1.71 bits per heavy atom. The summed E-state index contributed by atoms with van der Waals surface area (Å²) in [6.45, 7) is 7.74. The van der Waals surface area contributed by atoms with Gasteiger partial charge in [0.05, 0.1) is 18.5 Å². The summed E-state index contributed by atoms with van der Waals surface area (Å²) in [5.41, 5.74) is 3.66. The Morgan fingerprint density at radius 3 is 2.47 bits per heavy atom. The highest BCUT2D eigenvalue weighted by atomic mass is 16.5. The number of fused-ring (bicyclic) bond motifs is 1. The summed E-state index contributed by atoms with van der Waals surface area (Å²) >= 11 is 0. The molecule has 0 atom stereocenters. The topological polar surface area (TPSA) is 80.6 Å². The van der Waals surface area contributed by atoms with Crippen LogP contribution in [0.3, 0.4) is 0 Å². The number of hydrogen-bond acceptors (Lipinski definition) is 5. The van der Waals surface area contributed by atoms with Crippen LogP contribution in [0.5, 0.6) is 5.75 Å². The number of benzene rings is 2. The molecule has 0 spiro atoms. The first-order valence-corrected chi connectivity index (χ1v) is 13.6. The highest BCUT2D eigenvalue weighted by Gasteiger charge is 2.26. The van der Waals surface area contributed by atoms with E-state index in [1.54, 1.807) is 11.8 Å². The van der Waals surface area contributed by atoms with Crippen molar-refractivity contribution in [3.8, 4) is 11.4 Å². The normalized spacial score (nSPS) is 15.0. The third-order valence-corrected chi connectivity index (χ3v) is 7.02. The molecule has 2 aromatic carbocycles. The second kappa shape index (κ2) is 12.7. The third-order valence-electron chi connectivity index (χ3n) is 7.02. The largest absolute Gasteiger partial charge is 0.497 e. The van der Waals surface area contributed by atoms with E-state index in [9.17, 15) is 9.59 Å². The zero-order valence-electron chi connectivity index (χ0n) is 23.0. The highest BCUT2D eigenvalue weighted by molar-refractivity contribution is 5.95. The molecule has 0 radical (unpaired) electrons. The molecule has 3 aromatic rings. The van der Waals surface area contributed by atoms with Gasteiger partial charge in [-0.15, -0.1) is 5.10 Å². The first-order chi connectivity index (χ1) is 18.4. The van der Waals surface area contributed by atoms with Crippen molar-refractivity contribution >= 4 is 17.5 Å². The van der Waals surface area contributed by atoms with E-state index in [-0.39, 0.29) is 17.7 Å². The van der Waals surface area contributed by atoms with Crippen LogP contribution in [0.15, 0.2) is 48.5 Å². The number of carbonyl (C=O) groups is 2. The van der Waals surface area contributed by atoms with Crippen LogP contribution in [0, 0.1) is 12.8 Å². The quantitative estimate of drug-likeness (QED) is 0.442. The predicted molar refractivity (Wildman–Crippen MR) is 149 cm³/mol. The Kier molecular flexibility index (Phi) is 9.15. The number of anilines is 1. The molecule has 202 valence electrons. The monoisotopic (exact) mass is 517 g/mol. The third kappa shape index (κ3) is 6.41. The Bertz CT molecular complexity index is 1250. The summed E-state index contributed by atoms with van der Waals surface area (Å²) in [5, 5.41) is 8.60.